The number of carbonyl (C=O) groups excluding carboxylic acids is 1. The molecule has 0 spiro atoms. The van der Waals surface area contributed by atoms with Gasteiger partial charge in [-0.25, -0.2) is 0 Å². The molecule has 1 aromatic carbocycles. The van der Waals surface area contributed by atoms with Gasteiger partial charge < -0.3 is 9.84 Å². The van der Waals surface area contributed by atoms with E-state index in [2.05, 4.69) is 15.9 Å². The average molecular weight is 287 g/mol. The van der Waals surface area contributed by atoms with Crippen LogP contribution < -0.4 is 0 Å². The summed E-state index contributed by atoms with van der Waals surface area (Å²) in [6, 6.07) is 9.01. The van der Waals surface area contributed by atoms with E-state index in [-0.39, 0.29) is 0 Å². The minimum absolute atomic E-state index is 0.293. The summed E-state index contributed by atoms with van der Waals surface area (Å²) in [5, 5.41) is 10.1. The Morgan fingerprint density at radius 2 is 2.06 bits per heavy atom. The van der Waals surface area contributed by atoms with Gasteiger partial charge in [-0.15, -0.1) is 0 Å². The summed E-state index contributed by atoms with van der Waals surface area (Å²) in [7, 11) is 0. The number of rotatable bonds is 4. The first-order valence-electron chi connectivity index (χ1n) is 5.09. The molecule has 0 saturated carbocycles. The van der Waals surface area contributed by atoms with Crippen molar-refractivity contribution in [2.75, 3.05) is 6.61 Å². The predicted molar refractivity (Wildman–Crippen MR) is 65.4 cm³/mol. The number of alkyl halides is 1. The van der Waals surface area contributed by atoms with Crippen molar-refractivity contribution in [3.63, 3.8) is 0 Å². The predicted octanol–water partition coefficient (Wildman–Crippen LogP) is 2.44. The summed E-state index contributed by atoms with van der Waals surface area (Å²) in [5.41, 5.74) is 0.676. The van der Waals surface area contributed by atoms with Crippen LogP contribution in [0.5, 0.6) is 0 Å². The maximum Gasteiger partial charge on any atom is 0.325 e. The second-order valence-electron chi connectivity index (χ2n) is 3.61. The third-order valence-corrected chi connectivity index (χ3v) is 3.06. The summed E-state index contributed by atoms with van der Waals surface area (Å²) in [4.78, 5) is 11.7. The Balaban J connectivity index is 2.87. The number of halogens is 1. The van der Waals surface area contributed by atoms with Crippen molar-refractivity contribution in [1.82, 2.24) is 0 Å². The SMILES string of the molecule is CCOC(=O)[C@](C)(Br)[C@H](O)c1ccccc1. The Labute approximate surface area is 104 Å². The van der Waals surface area contributed by atoms with E-state index in [1.165, 1.54) is 0 Å². The van der Waals surface area contributed by atoms with Gasteiger partial charge in [0.25, 0.3) is 0 Å². The van der Waals surface area contributed by atoms with Gasteiger partial charge in [0.2, 0.25) is 0 Å². The Bertz CT molecular complexity index is 349. The van der Waals surface area contributed by atoms with Crippen LogP contribution in [-0.4, -0.2) is 22.0 Å². The van der Waals surface area contributed by atoms with Gasteiger partial charge in [-0.3, -0.25) is 4.79 Å². The van der Waals surface area contributed by atoms with E-state index in [0.717, 1.165) is 0 Å². The van der Waals surface area contributed by atoms with Gasteiger partial charge >= 0.3 is 5.97 Å². The van der Waals surface area contributed by atoms with Crippen molar-refractivity contribution in [3.05, 3.63) is 35.9 Å². The van der Waals surface area contributed by atoms with Crippen LogP contribution in [0.4, 0.5) is 0 Å². The number of ether oxygens (including phenoxy) is 1. The van der Waals surface area contributed by atoms with Crippen molar-refractivity contribution in [2.45, 2.75) is 24.3 Å². The Kier molecular flexibility index (Phi) is 4.50. The monoisotopic (exact) mass is 286 g/mol. The summed E-state index contributed by atoms with van der Waals surface area (Å²) < 4.78 is 3.78. The summed E-state index contributed by atoms with van der Waals surface area (Å²) in [6.45, 7) is 3.63. The molecule has 0 amide bonds. The topological polar surface area (TPSA) is 46.5 Å². The molecule has 1 N–H and O–H groups in total. The average Bonchev–Trinajstić information content (AvgIpc) is 2.29. The van der Waals surface area contributed by atoms with Crippen LogP contribution in [0.2, 0.25) is 0 Å². The molecule has 1 aromatic rings. The number of hydrogen-bond donors (Lipinski definition) is 1. The first-order valence-corrected chi connectivity index (χ1v) is 5.88. The van der Waals surface area contributed by atoms with Gasteiger partial charge in [-0.05, 0) is 19.4 Å². The highest BCUT2D eigenvalue weighted by Crippen LogP contribution is 2.34. The molecule has 4 heteroatoms. The number of esters is 1. The lowest BCUT2D eigenvalue weighted by molar-refractivity contribution is -0.148. The lowest BCUT2D eigenvalue weighted by Crippen LogP contribution is -2.37. The molecular weight excluding hydrogens is 272 g/mol. The minimum atomic E-state index is -1.12. The molecule has 0 bridgehead atoms. The zero-order valence-electron chi connectivity index (χ0n) is 9.31. The van der Waals surface area contributed by atoms with Crippen molar-refractivity contribution in [2.24, 2.45) is 0 Å². The molecule has 16 heavy (non-hydrogen) atoms. The Hall–Kier alpha value is -0.870. The van der Waals surface area contributed by atoms with E-state index in [1.807, 2.05) is 18.2 Å². The first-order chi connectivity index (χ1) is 7.50. The highest BCUT2D eigenvalue weighted by molar-refractivity contribution is 9.10. The highest BCUT2D eigenvalue weighted by Gasteiger charge is 2.40. The standard InChI is InChI=1S/C12H15BrO3/c1-3-16-11(15)12(2,13)10(14)9-7-5-4-6-8-9/h4-8,10,14H,3H2,1-2H3/t10-,12-/m1/s1. The molecule has 0 aliphatic heterocycles. The van der Waals surface area contributed by atoms with Crippen LogP contribution in [-0.2, 0) is 9.53 Å². The Morgan fingerprint density at radius 1 is 1.50 bits per heavy atom. The van der Waals surface area contributed by atoms with Gasteiger partial charge in [-0.1, -0.05) is 46.3 Å². The second kappa shape index (κ2) is 5.46. The first kappa shape index (κ1) is 13.2. The molecule has 0 aliphatic carbocycles. The van der Waals surface area contributed by atoms with E-state index in [4.69, 9.17) is 4.74 Å². The number of benzene rings is 1. The van der Waals surface area contributed by atoms with Crippen LogP contribution in [0, 0.1) is 0 Å². The number of aliphatic hydroxyl groups excluding tert-OH is 1. The van der Waals surface area contributed by atoms with Crippen molar-refractivity contribution < 1.29 is 14.6 Å². The molecule has 2 atom stereocenters. The van der Waals surface area contributed by atoms with Crippen LogP contribution >= 0.6 is 15.9 Å². The van der Waals surface area contributed by atoms with Crippen molar-refractivity contribution in [1.29, 1.82) is 0 Å². The molecule has 0 unspecified atom stereocenters. The minimum Gasteiger partial charge on any atom is -0.465 e. The maximum absolute atomic E-state index is 11.7. The summed E-state index contributed by atoms with van der Waals surface area (Å²) >= 11 is 3.23. The zero-order valence-corrected chi connectivity index (χ0v) is 10.9. The Morgan fingerprint density at radius 3 is 2.56 bits per heavy atom. The van der Waals surface area contributed by atoms with Crippen LogP contribution in [0.1, 0.15) is 25.5 Å². The molecule has 0 aromatic heterocycles. The van der Waals surface area contributed by atoms with Gasteiger partial charge in [0.05, 0.1) is 6.61 Å². The summed E-state index contributed by atoms with van der Waals surface area (Å²) in [5.74, 6) is -0.466. The highest BCUT2D eigenvalue weighted by atomic mass is 79.9. The van der Waals surface area contributed by atoms with Crippen LogP contribution in [0.3, 0.4) is 0 Å². The maximum atomic E-state index is 11.7. The lowest BCUT2D eigenvalue weighted by Gasteiger charge is -2.26. The zero-order chi connectivity index (χ0) is 12.2. The van der Waals surface area contributed by atoms with E-state index in [1.54, 1.807) is 26.0 Å². The van der Waals surface area contributed by atoms with Crippen molar-refractivity contribution in [3.8, 4) is 0 Å². The number of aliphatic hydroxyl groups is 1. The number of hydrogen-bond acceptors (Lipinski definition) is 3. The number of carbonyl (C=O) groups is 1. The molecule has 0 saturated heterocycles. The normalized spacial score (nSPS) is 16.2. The van der Waals surface area contributed by atoms with Gasteiger partial charge in [-0.2, -0.15) is 0 Å². The molecule has 0 heterocycles. The van der Waals surface area contributed by atoms with Crippen molar-refractivity contribution >= 4 is 21.9 Å². The third-order valence-electron chi connectivity index (χ3n) is 2.30. The third kappa shape index (κ3) is 2.83. The quantitative estimate of drug-likeness (QED) is 0.683. The fourth-order valence-corrected chi connectivity index (χ4v) is 1.71. The largest absolute Gasteiger partial charge is 0.465 e. The second-order valence-corrected chi connectivity index (χ2v) is 5.26. The smallest absolute Gasteiger partial charge is 0.325 e. The molecule has 3 nitrogen and oxygen atoms in total. The summed E-state index contributed by atoms with van der Waals surface area (Å²) in [6.07, 6.45) is -0.937. The molecule has 0 aliphatic rings. The lowest BCUT2D eigenvalue weighted by atomic mass is 9.97. The molecule has 88 valence electrons. The molecule has 1 rings (SSSR count). The van der Waals surface area contributed by atoms with E-state index in [0.29, 0.717) is 12.2 Å². The van der Waals surface area contributed by atoms with Crippen LogP contribution in [0.25, 0.3) is 0 Å². The molecular formula is C12H15BrO3. The van der Waals surface area contributed by atoms with Gasteiger partial charge in [0, 0.05) is 0 Å². The van der Waals surface area contributed by atoms with Gasteiger partial charge in [0.15, 0.2) is 0 Å². The fourth-order valence-electron chi connectivity index (χ4n) is 1.33. The fraction of sp³-hybridized carbons (Fsp3) is 0.417. The van der Waals surface area contributed by atoms with Crippen LogP contribution in [0.15, 0.2) is 30.3 Å². The molecule has 0 radical (unpaired) electrons. The van der Waals surface area contributed by atoms with Gasteiger partial charge in [0.1, 0.15) is 10.4 Å². The molecule has 0 fully saturated rings. The van der Waals surface area contributed by atoms with E-state index < -0.39 is 16.4 Å². The van der Waals surface area contributed by atoms with E-state index >= 15 is 0 Å². The van der Waals surface area contributed by atoms with E-state index in [9.17, 15) is 9.90 Å².